The molecule has 45 heavy (non-hydrogen) atoms. The van der Waals surface area contributed by atoms with E-state index in [9.17, 15) is 34.6 Å². The van der Waals surface area contributed by atoms with Gasteiger partial charge in [-0.1, -0.05) is 7.43 Å². The molecule has 3 fully saturated rings. The molecule has 3 aliphatic carbocycles. The number of nitrogen functional groups attached to an aromatic ring is 2. The van der Waals surface area contributed by atoms with Crippen LogP contribution in [0.25, 0.3) is 0 Å². The molecule has 0 aromatic carbocycles. The molecule has 2 amide bonds. The first-order valence-electron chi connectivity index (χ1n) is 13.4. The number of hydrogen-bond donors (Lipinski definition) is 4. The molecule has 3 heterocycles. The number of anilines is 4. The summed E-state index contributed by atoms with van der Waals surface area (Å²) in [6, 6.07) is 4.52. The van der Waals surface area contributed by atoms with Gasteiger partial charge >= 0.3 is 11.4 Å². The number of nitrogens with zero attached hydrogens (tertiary/aromatic N) is 5. The maximum Gasteiger partial charge on any atom is 0.310 e. The fraction of sp³-hybridized carbons (Fsp3) is 0.357. The number of aromatic nitrogens is 3. The molecule has 17 heteroatoms. The highest BCUT2D eigenvalue weighted by Gasteiger charge is 2.31. The van der Waals surface area contributed by atoms with Gasteiger partial charge in [0.15, 0.2) is 0 Å². The van der Waals surface area contributed by atoms with Crippen molar-refractivity contribution in [3.05, 3.63) is 75.6 Å². The Balaban J connectivity index is 0.000000216. The van der Waals surface area contributed by atoms with Gasteiger partial charge in [0.05, 0.1) is 27.4 Å². The van der Waals surface area contributed by atoms with E-state index in [2.05, 4.69) is 25.6 Å². The minimum Gasteiger partial charge on any atom is -0.396 e. The van der Waals surface area contributed by atoms with Crippen molar-refractivity contribution in [3.8, 4) is 0 Å². The molecule has 16 nitrogen and oxygen atoms in total. The largest absolute Gasteiger partial charge is 0.396 e. The lowest BCUT2D eigenvalue weighted by Crippen LogP contribution is -2.14. The standard InChI is InChI=1S/C9H9N3O3.C9H11N3O.C5H5N3O2.C4H5ClO.CH4/c13-9(6-1-2-6)11-7-3-4-10-5-8(7)12(14)15;10-7-5-11-4-3-8(7)12-9(13)6-1-2-6;6-4-1-2-7-3-5(4)8(9)10;5-4(6)3-1-2-3;/h3-6H,1-2H2,(H,10,11,13);3-6H,1-2,10H2,(H,11,12,13);1-3H,(H2,6,7);3H,1-2H2;1H4. The second kappa shape index (κ2) is 17.1. The predicted molar refractivity (Wildman–Crippen MR) is 168 cm³/mol. The molecule has 6 N–H and O–H groups in total. The Morgan fingerprint density at radius 2 is 1.11 bits per heavy atom. The van der Waals surface area contributed by atoms with Crippen molar-refractivity contribution in [2.75, 3.05) is 22.1 Å². The Kier molecular flexibility index (Phi) is 13.7. The molecule has 0 saturated heterocycles. The maximum absolute atomic E-state index is 11.4. The molecule has 0 atom stereocenters. The number of nitrogens with two attached hydrogens (primary N) is 2. The molecule has 3 aliphatic rings. The van der Waals surface area contributed by atoms with Crippen LogP contribution in [0.2, 0.25) is 0 Å². The summed E-state index contributed by atoms with van der Waals surface area (Å²) in [5.41, 5.74) is 12.1. The molecule has 0 spiro atoms. The van der Waals surface area contributed by atoms with Crippen LogP contribution < -0.4 is 22.1 Å². The fourth-order valence-electron chi connectivity index (χ4n) is 3.18. The molecule has 3 saturated carbocycles. The Hall–Kier alpha value is -5.25. The van der Waals surface area contributed by atoms with Crippen molar-refractivity contribution in [2.24, 2.45) is 17.8 Å². The van der Waals surface area contributed by atoms with Gasteiger partial charge in [0.25, 0.3) is 0 Å². The quantitative estimate of drug-likeness (QED) is 0.155. The molecule has 0 bridgehead atoms. The average Bonchev–Trinajstić information content (AvgIpc) is 3.85. The third-order valence-electron chi connectivity index (χ3n) is 6.19. The highest BCUT2D eigenvalue weighted by molar-refractivity contribution is 6.64. The van der Waals surface area contributed by atoms with Gasteiger partial charge in [0.1, 0.15) is 23.8 Å². The molecule has 6 rings (SSSR count). The normalized spacial score (nSPS) is 14.2. The molecular formula is C28H34ClN9O7. The summed E-state index contributed by atoms with van der Waals surface area (Å²) in [6.07, 6.45) is 14.0. The van der Waals surface area contributed by atoms with Gasteiger partial charge in [0.2, 0.25) is 17.1 Å². The lowest BCUT2D eigenvalue weighted by atomic mass is 10.3. The lowest BCUT2D eigenvalue weighted by molar-refractivity contribution is -0.384. The number of amides is 2. The molecule has 3 aromatic rings. The molecule has 3 aromatic heterocycles. The summed E-state index contributed by atoms with van der Waals surface area (Å²) in [4.78, 5) is 63.3. The first-order chi connectivity index (χ1) is 21.0. The van der Waals surface area contributed by atoms with E-state index in [1.165, 1.54) is 30.7 Å². The highest BCUT2D eigenvalue weighted by Crippen LogP contribution is 2.32. The van der Waals surface area contributed by atoms with Crippen LogP contribution in [0.5, 0.6) is 0 Å². The number of hydrogen-bond acceptors (Lipinski definition) is 12. The van der Waals surface area contributed by atoms with Gasteiger partial charge in [-0.2, -0.15) is 0 Å². The molecule has 0 radical (unpaired) electrons. The third-order valence-corrected chi connectivity index (χ3v) is 6.50. The minimum absolute atomic E-state index is 0. The zero-order valence-corrected chi connectivity index (χ0v) is 24.1. The van der Waals surface area contributed by atoms with Crippen molar-refractivity contribution in [3.63, 3.8) is 0 Å². The van der Waals surface area contributed by atoms with E-state index >= 15 is 0 Å². The van der Waals surface area contributed by atoms with Crippen LogP contribution in [0.3, 0.4) is 0 Å². The van der Waals surface area contributed by atoms with Crippen LogP contribution >= 0.6 is 11.6 Å². The second-order valence-corrected chi connectivity index (χ2v) is 10.3. The van der Waals surface area contributed by atoms with Crippen molar-refractivity contribution < 1.29 is 24.2 Å². The predicted octanol–water partition coefficient (Wildman–Crippen LogP) is 4.72. The van der Waals surface area contributed by atoms with Gasteiger partial charge in [-0.15, -0.1) is 0 Å². The number of nitro groups is 2. The number of carbonyl (C=O) groups excluding carboxylic acids is 3. The molecule has 0 unspecified atom stereocenters. The van der Waals surface area contributed by atoms with Gasteiger partial charge in [-0.3, -0.25) is 49.6 Å². The molecule has 240 valence electrons. The summed E-state index contributed by atoms with van der Waals surface area (Å²) >= 11 is 5.04. The summed E-state index contributed by atoms with van der Waals surface area (Å²) in [5, 5.41) is 25.9. The summed E-state index contributed by atoms with van der Waals surface area (Å²) in [7, 11) is 0. The van der Waals surface area contributed by atoms with Crippen molar-refractivity contribution >= 4 is 62.8 Å². The zero-order chi connectivity index (χ0) is 32.2. The van der Waals surface area contributed by atoms with E-state index in [0.29, 0.717) is 11.4 Å². The van der Waals surface area contributed by atoms with E-state index in [0.717, 1.165) is 50.9 Å². The highest BCUT2D eigenvalue weighted by atomic mass is 35.5. The Bertz CT molecular complexity index is 1510. The number of nitrogens with one attached hydrogen (secondary N) is 2. The summed E-state index contributed by atoms with van der Waals surface area (Å²) in [5.74, 6) is 0.374. The van der Waals surface area contributed by atoms with Crippen molar-refractivity contribution in [1.29, 1.82) is 0 Å². The van der Waals surface area contributed by atoms with Crippen LogP contribution in [-0.4, -0.2) is 41.9 Å². The first kappa shape index (κ1) is 35.9. The number of halogens is 1. The van der Waals surface area contributed by atoms with Crippen LogP contribution in [0.15, 0.2) is 55.4 Å². The summed E-state index contributed by atoms with van der Waals surface area (Å²) in [6.45, 7) is 0. The second-order valence-electron chi connectivity index (χ2n) is 9.91. The van der Waals surface area contributed by atoms with E-state index in [-0.39, 0.29) is 65.0 Å². The topological polar surface area (TPSA) is 252 Å². The Morgan fingerprint density at radius 1 is 0.689 bits per heavy atom. The van der Waals surface area contributed by atoms with Crippen LogP contribution in [0.4, 0.5) is 34.1 Å². The van der Waals surface area contributed by atoms with Crippen LogP contribution in [0, 0.1) is 38.0 Å². The van der Waals surface area contributed by atoms with Crippen molar-refractivity contribution in [1.82, 2.24) is 15.0 Å². The average molecular weight is 644 g/mol. The minimum atomic E-state index is -0.567. The number of rotatable bonds is 7. The van der Waals surface area contributed by atoms with Gasteiger partial charge < -0.3 is 22.1 Å². The number of pyridine rings is 3. The summed E-state index contributed by atoms with van der Waals surface area (Å²) < 4.78 is 0. The van der Waals surface area contributed by atoms with E-state index in [1.807, 2.05) is 0 Å². The van der Waals surface area contributed by atoms with Crippen LogP contribution in [0.1, 0.15) is 46.0 Å². The molecule has 0 aliphatic heterocycles. The maximum atomic E-state index is 11.4. The van der Waals surface area contributed by atoms with E-state index < -0.39 is 9.85 Å². The third kappa shape index (κ3) is 12.5. The first-order valence-corrected chi connectivity index (χ1v) is 13.8. The lowest BCUT2D eigenvalue weighted by Gasteiger charge is -2.05. The van der Waals surface area contributed by atoms with E-state index in [1.54, 1.807) is 12.3 Å². The zero-order valence-electron chi connectivity index (χ0n) is 23.3. The monoisotopic (exact) mass is 643 g/mol. The Morgan fingerprint density at radius 3 is 1.49 bits per heavy atom. The SMILES string of the molecule is C.Nc1ccncc1[N+](=O)[O-].Nc1cnccc1NC(=O)C1CC1.O=C(Cl)C1CC1.O=C(Nc1ccncc1[N+](=O)[O-])C1CC1. The van der Waals surface area contributed by atoms with E-state index in [4.69, 9.17) is 23.1 Å². The fourth-order valence-corrected chi connectivity index (χ4v) is 3.40. The smallest absolute Gasteiger partial charge is 0.310 e. The van der Waals surface area contributed by atoms with Gasteiger partial charge in [0, 0.05) is 36.3 Å². The Labute approximate surface area is 263 Å². The van der Waals surface area contributed by atoms with Gasteiger partial charge in [-0.25, -0.2) is 0 Å². The van der Waals surface area contributed by atoms with Crippen molar-refractivity contribution in [2.45, 2.75) is 46.0 Å². The molecular weight excluding hydrogens is 610 g/mol. The van der Waals surface area contributed by atoms with Crippen LogP contribution in [-0.2, 0) is 14.4 Å². The number of carbonyl (C=O) groups is 3. The van der Waals surface area contributed by atoms with Gasteiger partial charge in [-0.05, 0) is 68.3 Å².